The van der Waals surface area contributed by atoms with E-state index in [1.54, 1.807) is 0 Å². The van der Waals surface area contributed by atoms with E-state index in [-0.39, 0.29) is 0 Å². The third kappa shape index (κ3) is 4.17. The Morgan fingerprint density at radius 2 is 2.00 bits per heavy atom. The zero-order valence-electron chi connectivity index (χ0n) is 10.2. The molecule has 0 amide bonds. The molecule has 1 rings (SSSR count). The molecule has 0 unspecified atom stereocenters. The Labute approximate surface area is 98.2 Å². The number of benzene rings is 1. The lowest BCUT2D eigenvalue weighted by atomic mass is 10.1. The Bertz CT molecular complexity index is 321. The summed E-state index contributed by atoms with van der Waals surface area (Å²) in [5, 5.41) is 10.1. The maximum atomic E-state index is 10.1. The summed E-state index contributed by atoms with van der Waals surface area (Å²) < 4.78 is 0. The van der Waals surface area contributed by atoms with Gasteiger partial charge in [-0.2, -0.15) is 0 Å². The van der Waals surface area contributed by atoms with Gasteiger partial charge in [0.1, 0.15) is 0 Å². The Morgan fingerprint density at radius 1 is 1.38 bits per heavy atom. The topological polar surface area (TPSA) is 23.5 Å². The number of aliphatic hydroxyl groups is 1. The van der Waals surface area contributed by atoms with Gasteiger partial charge in [0.2, 0.25) is 0 Å². The lowest BCUT2D eigenvalue weighted by Crippen LogP contribution is -2.29. The first-order valence-electron chi connectivity index (χ1n) is 5.73. The van der Waals surface area contributed by atoms with E-state index >= 15 is 0 Å². The van der Waals surface area contributed by atoms with Crippen LogP contribution in [0.4, 0.5) is 0 Å². The fourth-order valence-corrected chi connectivity index (χ4v) is 1.71. The molecular weight excluding hydrogens is 198 g/mol. The van der Waals surface area contributed by atoms with E-state index < -0.39 is 6.10 Å². The second-order valence-corrected chi connectivity index (χ2v) is 4.21. The third-order valence-electron chi connectivity index (χ3n) is 2.56. The van der Waals surface area contributed by atoms with E-state index in [9.17, 15) is 5.11 Å². The predicted octanol–water partition coefficient (Wildman–Crippen LogP) is 2.62. The zero-order valence-corrected chi connectivity index (χ0v) is 10.2. The number of hydrogen-bond donors (Lipinski definition) is 1. The fraction of sp³-hybridized carbons (Fsp3) is 0.429. The van der Waals surface area contributed by atoms with Gasteiger partial charge in [-0.25, -0.2) is 0 Å². The Morgan fingerprint density at radius 3 is 2.50 bits per heavy atom. The van der Waals surface area contributed by atoms with Gasteiger partial charge in [-0.1, -0.05) is 49.4 Å². The van der Waals surface area contributed by atoms with Gasteiger partial charge in [-0.3, -0.25) is 4.90 Å². The van der Waals surface area contributed by atoms with Crippen molar-refractivity contribution in [1.29, 1.82) is 0 Å². The third-order valence-corrected chi connectivity index (χ3v) is 2.56. The van der Waals surface area contributed by atoms with Crippen molar-refractivity contribution in [3.05, 3.63) is 48.0 Å². The molecule has 0 spiro atoms. The molecule has 88 valence electrons. The maximum Gasteiger partial charge on any atom is 0.0917 e. The average molecular weight is 219 g/mol. The summed E-state index contributed by atoms with van der Waals surface area (Å²) in [5.41, 5.74) is 2.10. The Kier molecular flexibility index (Phi) is 5.23. The van der Waals surface area contributed by atoms with E-state index in [0.717, 1.165) is 24.2 Å². The summed E-state index contributed by atoms with van der Waals surface area (Å²) in [6.07, 6.45) is -0.416. The van der Waals surface area contributed by atoms with Gasteiger partial charge in [0.25, 0.3) is 0 Å². The minimum atomic E-state index is -0.416. The van der Waals surface area contributed by atoms with Crippen molar-refractivity contribution in [1.82, 2.24) is 4.90 Å². The first-order chi connectivity index (χ1) is 7.63. The van der Waals surface area contributed by atoms with Gasteiger partial charge >= 0.3 is 0 Å². The number of rotatable bonds is 6. The molecule has 0 radical (unpaired) electrons. The van der Waals surface area contributed by atoms with Gasteiger partial charge in [0, 0.05) is 13.1 Å². The molecular formula is C14H21NO. The van der Waals surface area contributed by atoms with Crippen LogP contribution in [0.5, 0.6) is 0 Å². The van der Waals surface area contributed by atoms with Crippen molar-refractivity contribution in [2.45, 2.75) is 20.0 Å². The Hall–Kier alpha value is -1.12. The van der Waals surface area contributed by atoms with Gasteiger partial charge < -0.3 is 5.11 Å². The minimum absolute atomic E-state index is 0.416. The summed E-state index contributed by atoms with van der Waals surface area (Å²) in [5.74, 6) is 0. The Balaban J connectivity index is 2.55. The smallest absolute Gasteiger partial charge is 0.0917 e. The molecule has 0 aliphatic carbocycles. The van der Waals surface area contributed by atoms with Gasteiger partial charge in [0.05, 0.1) is 6.10 Å². The maximum absolute atomic E-state index is 10.1. The molecule has 0 aliphatic heterocycles. The molecule has 0 saturated carbocycles. The summed E-state index contributed by atoms with van der Waals surface area (Å²) in [6.45, 7) is 10.4. The SMILES string of the molecule is C=C(C)CN(CC)C[C@@H](O)c1ccccc1. The van der Waals surface area contributed by atoms with E-state index in [4.69, 9.17) is 0 Å². The first kappa shape index (κ1) is 12.9. The van der Waals surface area contributed by atoms with Crippen LogP contribution in [0, 0.1) is 0 Å². The van der Waals surface area contributed by atoms with Crippen LogP contribution >= 0.6 is 0 Å². The second kappa shape index (κ2) is 6.46. The van der Waals surface area contributed by atoms with E-state index in [1.807, 2.05) is 37.3 Å². The molecule has 1 aromatic carbocycles. The van der Waals surface area contributed by atoms with Crippen molar-refractivity contribution in [3.8, 4) is 0 Å². The molecule has 2 heteroatoms. The van der Waals surface area contributed by atoms with Crippen LogP contribution in [-0.2, 0) is 0 Å². The number of likely N-dealkylation sites (N-methyl/N-ethyl adjacent to an activating group) is 1. The molecule has 0 bridgehead atoms. The predicted molar refractivity (Wildman–Crippen MR) is 68.3 cm³/mol. The van der Waals surface area contributed by atoms with Crippen LogP contribution in [0.25, 0.3) is 0 Å². The molecule has 2 nitrogen and oxygen atoms in total. The highest BCUT2D eigenvalue weighted by Crippen LogP contribution is 2.13. The monoisotopic (exact) mass is 219 g/mol. The van der Waals surface area contributed by atoms with Crippen LogP contribution in [0.15, 0.2) is 42.5 Å². The quantitative estimate of drug-likeness (QED) is 0.743. The van der Waals surface area contributed by atoms with Crippen molar-refractivity contribution in [3.63, 3.8) is 0 Å². The highest BCUT2D eigenvalue weighted by atomic mass is 16.3. The molecule has 0 saturated heterocycles. The lowest BCUT2D eigenvalue weighted by molar-refractivity contribution is 0.121. The van der Waals surface area contributed by atoms with E-state index in [1.165, 1.54) is 0 Å². The largest absolute Gasteiger partial charge is 0.387 e. The fourth-order valence-electron chi connectivity index (χ4n) is 1.71. The van der Waals surface area contributed by atoms with E-state index in [2.05, 4.69) is 18.4 Å². The average Bonchev–Trinajstić information content (AvgIpc) is 2.28. The summed E-state index contributed by atoms with van der Waals surface area (Å²) in [7, 11) is 0. The number of nitrogens with zero attached hydrogens (tertiary/aromatic N) is 1. The molecule has 1 aromatic rings. The van der Waals surface area contributed by atoms with Crippen LogP contribution in [0.3, 0.4) is 0 Å². The van der Waals surface area contributed by atoms with Crippen molar-refractivity contribution in [2.24, 2.45) is 0 Å². The molecule has 0 heterocycles. The highest BCUT2D eigenvalue weighted by molar-refractivity contribution is 5.17. The molecule has 0 aliphatic rings. The van der Waals surface area contributed by atoms with E-state index in [0.29, 0.717) is 6.54 Å². The number of aliphatic hydroxyl groups excluding tert-OH is 1. The number of hydrogen-bond acceptors (Lipinski definition) is 2. The van der Waals surface area contributed by atoms with Gasteiger partial charge in [-0.15, -0.1) is 0 Å². The lowest BCUT2D eigenvalue weighted by Gasteiger charge is -2.23. The highest BCUT2D eigenvalue weighted by Gasteiger charge is 2.11. The van der Waals surface area contributed by atoms with Crippen molar-refractivity contribution < 1.29 is 5.11 Å². The summed E-state index contributed by atoms with van der Waals surface area (Å²) in [4.78, 5) is 2.19. The normalized spacial score (nSPS) is 12.8. The molecule has 0 fully saturated rings. The first-order valence-corrected chi connectivity index (χ1v) is 5.73. The van der Waals surface area contributed by atoms with Crippen molar-refractivity contribution in [2.75, 3.05) is 19.6 Å². The molecule has 0 aromatic heterocycles. The standard InChI is InChI=1S/C14H21NO/c1-4-15(10-12(2)3)11-14(16)13-8-6-5-7-9-13/h5-9,14,16H,2,4,10-11H2,1,3H3/t14-/m1/s1. The van der Waals surface area contributed by atoms with Crippen LogP contribution < -0.4 is 0 Å². The molecule has 1 atom stereocenters. The van der Waals surface area contributed by atoms with Crippen molar-refractivity contribution >= 4 is 0 Å². The summed E-state index contributed by atoms with van der Waals surface area (Å²) >= 11 is 0. The van der Waals surface area contributed by atoms with Crippen LogP contribution in [-0.4, -0.2) is 29.6 Å². The minimum Gasteiger partial charge on any atom is -0.387 e. The summed E-state index contributed by atoms with van der Waals surface area (Å²) in [6, 6.07) is 9.78. The van der Waals surface area contributed by atoms with Gasteiger partial charge in [0.15, 0.2) is 0 Å². The second-order valence-electron chi connectivity index (χ2n) is 4.21. The van der Waals surface area contributed by atoms with Gasteiger partial charge in [-0.05, 0) is 19.0 Å². The van der Waals surface area contributed by atoms with Crippen LogP contribution in [0.2, 0.25) is 0 Å². The molecule has 1 N–H and O–H groups in total. The van der Waals surface area contributed by atoms with Crippen LogP contribution in [0.1, 0.15) is 25.5 Å². The molecule has 16 heavy (non-hydrogen) atoms. The zero-order chi connectivity index (χ0) is 12.0.